The maximum absolute atomic E-state index is 12.6. The molecule has 148 valence electrons. The Balaban J connectivity index is 1.27. The van der Waals surface area contributed by atoms with E-state index in [1.165, 1.54) is 12.0 Å². The lowest BCUT2D eigenvalue weighted by molar-refractivity contribution is -0.145. The normalized spacial score (nSPS) is 27.8. The van der Waals surface area contributed by atoms with E-state index in [1.807, 2.05) is 0 Å². The molecule has 1 aromatic carbocycles. The first-order chi connectivity index (χ1) is 13.5. The maximum Gasteiger partial charge on any atom is 0.308 e. The van der Waals surface area contributed by atoms with Crippen molar-refractivity contribution in [1.82, 2.24) is 4.90 Å². The topological polar surface area (TPSA) is 90.0 Å². The van der Waals surface area contributed by atoms with Gasteiger partial charge in [0.25, 0.3) is 0 Å². The van der Waals surface area contributed by atoms with Crippen LogP contribution in [0.3, 0.4) is 0 Å². The fourth-order valence-corrected chi connectivity index (χ4v) is 4.99. The number of likely N-dealkylation sites (tertiary alicyclic amines) is 1. The third-order valence-electron chi connectivity index (χ3n) is 6.31. The van der Waals surface area contributed by atoms with Crippen molar-refractivity contribution in [2.45, 2.75) is 25.7 Å². The van der Waals surface area contributed by atoms with E-state index < -0.39 is 5.97 Å². The summed E-state index contributed by atoms with van der Waals surface area (Å²) in [4.78, 5) is 50.6. The van der Waals surface area contributed by atoms with Crippen LogP contribution in [0.2, 0.25) is 0 Å². The number of fused-ring (bicyclic) bond motifs is 5. The molecule has 0 radical (unpaired) electrons. The highest BCUT2D eigenvalue weighted by atomic mass is 16.5. The van der Waals surface area contributed by atoms with Crippen molar-refractivity contribution < 1.29 is 28.7 Å². The van der Waals surface area contributed by atoms with E-state index in [9.17, 15) is 19.2 Å². The predicted octanol–water partition coefficient (Wildman–Crippen LogP) is 1.84. The van der Waals surface area contributed by atoms with Gasteiger partial charge in [0, 0.05) is 12.1 Å². The third kappa shape index (κ3) is 3.19. The van der Waals surface area contributed by atoms with Crippen LogP contribution in [0.5, 0.6) is 5.75 Å². The van der Waals surface area contributed by atoms with Crippen molar-refractivity contribution in [3.8, 4) is 5.75 Å². The highest BCUT2D eigenvalue weighted by Gasteiger charge is 2.60. The minimum absolute atomic E-state index is 0.0241. The van der Waals surface area contributed by atoms with E-state index in [0.717, 1.165) is 19.3 Å². The zero-order chi connectivity index (χ0) is 19.8. The highest BCUT2D eigenvalue weighted by Crippen LogP contribution is 2.56. The summed E-state index contributed by atoms with van der Waals surface area (Å²) in [5.74, 6) is -0.391. The molecular formula is C21H23NO6. The van der Waals surface area contributed by atoms with Crippen molar-refractivity contribution in [2.24, 2.45) is 23.7 Å². The number of methoxy groups -OCH3 is 1. The summed E-state index contributed by atoms with van der Waals surface area (Å²) in [6.45, 7) is -0.362. The molecule has 1 saturated heterocycles. The predicted molar refractivity (Wildman–Crippen MR) is 97.4 cm³/mol. The number of hydrogen-bond donors (Lipinski definition) is 0. The van der Waals surface area contributed by atoms with Gasteiger partial charge in [-0.1, -0.05) is 12.1 Å². The summed E-state index contributed by atoms with van der Waals surface area (Å²) in [6, 6.07) is 6.59. The number of carbonyl (C=O) groups excluding carboxylic acids is 4. The zero-order valence-corrected chi connectivity index (χ0v) is 15.8. The van der Waals surface area contributed by atoms with Crippen molar-refractivity contribution >= 4 is 23.6 Å². The van der Waals surface area contributed by atoms with Gasteiger partial charge < -0.3 is 9.47 Å². The van der Waals surface area contributed by atoms with Gasteiger partial charge in [-0.2, -0.15) is 0 Å². The number of Topliss-reactive ketones (excluding diaryl/α,β-unsaturated/α-hetero) is 1. The number of rotatable bonds is 7. The number of carbonyl (C=O) groups is 4. The van der Waals surface area contributed by atoms with E-state index in [4.69, 9.17) is 9.47 Å². The van der Waals surface area contributed by atoms with Crippen LogP contribution in [0.4, 0.5) is 0 Å². The molecule has 4 atom stereocenters. The van der Waals surface area contributed by atoms with Crippen molar-refractivity contribution in [1.29, 1.82) is 0 Å². The van der Waals surface area contributed by atoms with Gasteiger partial charge in [-0.15, -0.1) is 0 Å². The van der Waals surface area contributed by atoms with Crippen LogP contribution in [0.25, 0.3) is 0 Å². The third-order valence-corrected chi connectivity index (χ3v) is 6.31. The van der Waals surface area contributed by atoms with Gasteiger partial charge >= 0.3 is 5.97 Å². The summed E-state index contributed by atoms with van der Waals surface area (Å²) in [5.41, 5.74) is 0.389. The molecule has 28 heavy (non-hydrogen) atoms. The van der Waals surface area contributed by atoms with E-state index in [2.05, 4.69) is 0 Å². The lowest BCUT2D eigenvalue weighted by atomic mass is 9.81. The maximum atomic E-state index is 12.6. The molecule has 3 aliphatic rings. The van der Waals surface area contributed by atoms with Gasteiger partial charge in [0.05, 0.1) is 25.4 Å². The number of hydrogen-bond acceptors (Lipinski definition) is 6. The molecule has 1 aromatic rings. The van der Waals surface area contributed by atoms with Gasteiger partial charge in [-0.05, 0) is 43.2 Å². The highest BCUT2D eigenvalue weighted by molar-refractivity contribution is 6.06. The molecule has 0 unspecified atom stereocenters. The number of nitrogens with zero attached hydrogens (tertiary/aromatic N) is 1. The number of ketones is 1. The lowest BCUT2D eigenvalue weighted by Crippen LogP contribution is -2.35. The minimum Gasteiger partial charge on any atom is -0.497 e. The van der Waals surface area contributed by atoms with Gasteiger partial charge in [0.1, 0.15) is 5.75 Å². The Kier molecular flexibility index (Phi) is 4.91. The molecule has 1 aliphatic heterocycles. The van der Waals surface area contributed by atoms with Crippen molar-refractivity contribution in [3.05, 3.63) is 29.8 Å². The Morgan fingerprint density at radius 3 is 2.43 bits per heavy atom. The van der Waals surface area contributed by atoms with Crippen LogP contribution >= 0.6 is 0 Å². The first kappa shape index (κ1) is 18.7. The molecule has 2 amide bonds. The summed E-state index contributed by atoms with van der Waals surface area (Å²) in [6.07, 6.45) is 2.92. The average molecular weight is 385 g/mol. The fourth-order valence-electron chi connectivity index (χ4n) is 4.99. The molecule has 0 N–H and O–H groups in total. The van der Waals surface area contributed by atoms with Gasteiger partial charge in [-0.25, -0.2) is 0 Å². The number of amides is 2. The SMILES string of the molecule is COc1cccc(C(=O)COC(=O)CCN2C(=O)[C@@H]3[C@H]4CC[C@@H](C4)[C@@H]3C2=O)c1. The summed E-state index contributed by atoms with van der Waals surface area (Å²) >= 11 is 0. The van der Waals surface area contributed by atoms with Crippen molar-refractivity contribution in [3.63, 3.8) is 0 Å². The average Bonchev–Trinajstić information content (AvgIpc) is 3.39. The Hall–Kier alpha value is -2.70. The molecule has 1 heterocycles. The van der Waals surface area contributed by atoms with Crippen LogP contribution in [-0.4, -0.2) is 48.7 Å². The molecule has 4 rings (SSSR count). The van der Waals surface area contributed by atoms with Crippen LogP contribution in [0.15, 0.2) is 24.3 Å². The molecule has 3 fully saturated rings. The molecule has 7 heteroatoms. The number of benzene rings is 1. The Labute approximate surface area is 163 Å². The van der Waals surface area contributed by atoms with Crippen LogP contribution in [0.1, 0.15) is 36.0 Å². The lowest BCUT2D eigenvalue weighted by Gasteiger charge is -2.19. The summed E-state index contributed by atoms with van der Waals surface area (Å²) in [5, 5.41) is 0. The zero-order valence-electron chi connectivity index (χ0n) is 15.8. The number of ether oxygens (including phenoxy) is 2. The van der Waals surface area contributed by atoms with Crippen LogP contribution < -0.4 is 4.74 Å². The minimum atomic E-state index is -0.600. The van der Waals surface area contributed by atoms with E-state index in [1.54, 1.807) is 24.3 Å². The largest absolute Gasteiger partial charge is 0.497 e. The molecule has 7 nitrogen and oxygen atoms in total. The Morgan fingerprint density at radius 1 is 1.11 bits per heavy atom. The van der Waals surface area contributed by atoms with Crippen molar-refractivity contribution in [2.75, 3.05) is 20.3 Å². The first-order valence-electron chi connectivity index (χ1n) is 9.67. The molecule has 0 spiro atoms. The monoisotopic (exact) mass is 385 g/mol. The molecule has 0 aromatic heterocycles. The molecule has 2 saturated carbocycles. The van der Waals surface area contributed by atoms with E-state index in [0.29, 0.717) is 23.1 Å². The van der Waals surface area contributed by atoms with Gasteiger partial charge in [-0.3, -0.25) is 24.1 Å². The fraction of sp³-hybridized carbons (Fsp3) is 0.524. The summed E-state index contributed by atoms with van der Waals surface area (Å²) < 4.78 is 10.1. The number of esters is 1. The standard InChI is InChI=1S/C21H23NO6/c1-27-15-4-2-3-12(10-15)16(23)11-28-17(24)7-8-22-20(25)18-13-5-6-14(9-13)19(18)21(22)26/h2-4,10,13-14,18-19H,5-9,11H2,1H3/t13-,14-,18-,19+/m0/s1. The Morgan fingerprint density at radius 2 is 1.79 bits per heavy atom. The van der Waals surface area contributed by atoms with Gasteiger partial charge in [0.2, 0.25) is 11.8 Å². The molecule has 2 aliphatic carbocycles. The van der Waals surface area contributed by atoms with Gasteiger partial charge in [0.15, 0.2) is 12.4 Å². The Bertz CT molecular complexity index is 806. The van der Waals surface area contributed by atoms with Crippen LogP contribution in [0, 0.1) is 23.7 Å². The van der Waals surface area contributed by atoms with E-state index >= 15 is 0 Å². The van der Waals surface area contributed by atoms with E-state index in [-0.39, 0.29) is 49.0 Å². The summed E-state index contributed by atoms with van der Waals surface area (Å²) in [7, 11) is 1.50. The molecule has 2 bridgehead atoms. The second kappa shape index (κ2) is 7.37. The second-order valence-electron chi connectivity index (χ2n) is 7.78. The second-order valence-corrected chi connectivity index (χ2v) is 7.78. The quantitative estimate of drug-likeness (QED) is 0.404. The van der Waals surface area contributed by atoms with Crippen LogP contribution in [-0.2, 0) is 19.1 Å². The first-order valence-corrected chi connectivity index (χ1v) is 9.67. The molecular weight excluding hydrogens is 362 g/mol. The number of imide groups is 1. The smallest absolute Gasteiger partial charge is 0.308 e.